The number of para-hydroxylation sites is 1. The zero-order chi connectivity index (χ0) is 13.2. The van der Waals surface area contributed by atoms with Crippen molar-refractivity contribution in [3.8, 4) is 5.75 Å². The van der Waals surface area contributed by atoms with Crippen LogP contribution < -0.4 is 4.74 Å². The predicted octanol–water partition coefficient (Wildman–Crippen LogP) is 3.76. The fraction of sp³-hybridized carbons (Fsp3) is 0.188. The third-order valence-electron chi connectivity index (χ3n) is 3.14. The molecule has 1 heterocycles. The molecule has 0 unspecified atom stereocenters. The fourth-order valence-corrected chi connectivity index (χ4v) is 2.11. The summed E-state index contributed by atoms with van der Waals surface area (Å²) < 4.78 is 5.79. The first-order valence-electron chi connectivity index (χ1n) is 6.36. The van der Waals surface area contributed by atoms with Crippen LogP contribution in [0.5, 0.6) is 5.75 Å². The van der Waals surface area contributed by atoms with E-state index in [0.717, 1.165) is 28.2 Å². The van der Waals surface area contributed by atoms with Crippen molar-refractivity contribution in [3.63, 3.8) is 0 Å². The number of hydrogen-bond acceptors (Lipinski definition) is 2. The molecule has 0 atom stereocenters. The van der Waals surface area contributed by atoms with Crippen LogP contribution in [0.2, 0.25) is 0 Å². The average molecular weight is 252 g/mol. The summed E-state index contributed by atoms with van der Waals surface area (Å²) in [5.41, 5.74) is 4.40. The molecular formula is C16H16N2O. The Kier molecular flexibility index (Phi) is 2.95. The Morgan fingerprint density at radius 1 is 1.11 bits per heavy atom. The smallest absolute Gasteiger partial charge is 0.146 e. The summed E-state index contributed by atoms with van der Waals surface area (Å²) in [6, 6.07) is 14.2. The number of rotatable bonds is 3. The number of fused-ring (bicyclic) bond motifs is 1. The minimum atomic E-state index is 0.457. The summed E-state index contributed by atoms with van der Waals surface area (Å²) in [5.74, 6) is 1.75. The molecule has 1 aromatic heterocycles. The topological polar surface area (TPSA) is 37.9 Å². The maximum absolute atomic E-state index is 5.79. The second kappa shape index (κ2) is 4.76. The molecule has 0 aliphatic rings. The van der Waals surface area contributed by atoms with Crippen molar-refractivity contribution in [1.29, 1.82) is 0 Å². The molecule has 3 nitrogen and oxygen atoms in total. The maximum Gasteiger partial charge on any atom is 0.146 e. The van der Waals surface area contributed by atoms with Crippen LogP contribution in [0.25, 0.3) is 11.0 Å². The highest BCUT2D eigenvalue weighted by Gasteiger charge is 2.04. The van der Waals surface area contributed by atoms with E-state index in [1.807, 2.05) is 37.3 Å². The maximum atomic E-state index is 5.79. The van der Waals surface area contributed by atoms with Crippen LogP contribution in [0.15, 0.2) is 42.5 Å². The zero-order valence-electron chi connectivity index (χ0n) is 11.1. The van der Waals surface area contributed by atoms with Gasteiger partial charge in [0.05, 0.1) is 11.0 Å². The first-order chi connectivity index (χ1) is 9.22. The van der Waals surface area contributed by atoms with Gasteiger partial charge in [0.25, 0.3) is 0 Å². The van der Waals surface area contributed by atoms with Crippen LogP contribution in [0.4, 0.5) is 0 Å². The van der Waals surface area contributed by atoms with Gasteiger partial charge in [0.15, 0.2) is 0 Å². The number of aromatic nitrogens is 2. The van der Waals surface area contributed by atoms with Crippen molar-refractivity contribution in [2.75, 3.05) is 0 Å². The van der Waals surface area contributed by atoms with Crippen molar-refractivity contribution >= 4 is 11.0 Å². The third kappa shape index (κ3) is 2.45. The second-order valence-electron chi connectivity index (χ2n) is 4.76. The van der Waals surface area contributed by atoms with Gasteiger partial charge in [-0.15, -0.1) is 0 Å². The van der Waals surface area contributed by atoms with Gasteiger partial charge in [-0.3, -0.25) is 0 Å². The minimum absolute atomic E-state index is 0.457. The van der Waals surface area contributed by atoms with E-state index in [2.05, 4.69) is 29.0 Å². The molecule has 0 saturated heterocycles. The van der Waals surface area contributed by atoms with Crippen LogP contribution in [0.3, 0.4) is 0 Å². The van der Waals surface area contributed by atoms with Crippen molar-refractivity contribution in [3.05, 3.63) is 59.4 Å². The standard InChI is InChI=1S/C16H16N2O/c1-11-7-8-13-14(9-11)18-16(17-13)10-19-15-6-4-3-5-12(15)2/h3-9H,10H2,1-2H3,(H,17,18). The Morgan fingerprint density at radius 3 is 2.79 bits per heavy atom. The lowest BCUT2D eigenvalue weighted by atomic mass is 10.2. The van der Waals surface area contributed by atoms with Crippen molar-refractivity contribution in [2.24, 2.45) is 0 Å². The summed E-state index contributed by atoms with van der Waals surface area (Å²) in [4.78, 5) is 7.81. The first kappa shape index (κ1) is 11.8. The van der Waals surface area contributed by atoms with Crippen LogP contribution >= 0.6 is 0 Å². The SMILES string of the molecule is Cc1ccc2nc(COc3ccccc3C)[nH]c2c1. The number of H-pyrrole nitrogens is 1. The number of aryl methyl sites for hydroxylation is 2. The summed E-state index contributed by atoms with van der Waals surface area (Å²) in [6.07, 6.45) is 0. The molecule has 3 heteroatoms. The van der Waals surface area contributed by atoms with Gasteiger partial charge in [0.2, 0.25) is 0 Å². The largest absolute Gasteiger partial charge is 0.485 e. The monoisotopic (exact) mass is 252 g/mol. The summed E-state index contributed by atoms with van der Waals surface area (Å²) in [6.45, 7) is 4.57. The number of aromatic amines is 1. The highest BCUT2D eigenvalue weighted by atomic mass is 16.5. The molecule has 0 aliphatic carbocycles. The van der Waals surface area contributed by atoms with Gasteiger partial charge in [0, 0.05) is 0 Å². The molecule has 0 bridgehead atoms. The quantitative estimate of drug-likeness (QED) is 0.770. The molecular weight excluding hydrogens is 236 g/mol. The molecule has 0 saturated carbocycles. The van der Waals surface area contributed by atoms with Crippen molar-refractivity contribution in [2.45, 2.75) is 20.5 Å². The van der Waals surface area contributed by atoms with E-state index in [4.69, 9.17) is 4.74 Å². The minimum Gasteiger partial charge on any atom is -0.485 e. The highest BCUT2D eigenvalue weighted by molar-refractivity contribution is 5.75. The van der Waals surface area contributed by atoms with E-state index < -0.39 is 0 Å². The summed E-state index contributed by atoms with van der Waals surface area (Å²) >= 11 is 0. The lowest BCUT2D eigenvalue weighted by Gasteiger charge is -2.06. The van der Waals surface area contributed by atoms with E-state index >= 15 is 0 Å². The zero-order valence-corrected chi connectivity index (χ0v) is 11.1. The first-order valence-corrected chi connectivity index (χ1v) is 6.36. The molecule has 3 rings (SSSR count). The lowest BCUT2D eigenvalue weighted by molar-refractivity contribution is 0.295. The molecule has 0 spiro atoms. The van der Waals surface area contributed by atoms with Gasteiger partial charge in [0.1, 0.15) is 18.2 Å². The van der Waals surface area contributed by atoms with Gasteiger partial charge in [-0.1, -0.05) is 24.3 Å². The van der Waals surface area contributed by atoms with Gasteiger partial charge in [-0.2, -0.15) is 0 Å². The van der Waals surface area contributed by atoms with Crippen molar-refractivity contribution in [1.82, 2.24) is 9.97 Å². The van der Waals surface area contributed by atoms with Crippen LogP contribution in [0.1, 0.15) is 17.0 Å². The molecule has 2 aromatic carbocycles. The Bertz CT molecular complexity index is 716. The molecule has 96 valence electrons. The molecule has 0 aliphatic heterocycles. The van der Waals surface area contributed by atoms with Gasteiger partial charge >= 0.3 is 0 Å². The number of nitrogens with one attached hydrogen (secondary N) is 1. The normalized spacial score (nSPS) is 10.8. The lowest BCUT2D eigenvalue weighted by Crippen LogP contribution is -1.98. The van der Waals surface area contributed by atoms with E-state index in [0.29, 0.717) is 6.61 Å². The Labute approximate surface area is 112 Å². The second-order valence-corrected chi connectivity index (χ2v) is 4.76. The molecule has 3 aromatic rings. The molecule has 19 heavy (non-hydrogen) atoms. The van der Waals surface area contributed by atoms with E-state index in [9.17, 15) is 0 Å². The number of ether oxygens (including phenoxy) is 1. The number of benzene rings is 2. The molecule has 0 fully saturated rings. The van der Waals surface area contributed by atoms with Crippen LogP contribution in [-0.4, -0.2) is 9.97 Å². The number of imidazole rings is 1. The Hall–Kier alpha value is -2.29. The van der Waals surface area contributed by atoms with E-state index in [-0.39, 0.29) is 0 Å². The van der Waals surface area contributed by atoms with Crippen LogP contribution in [0, 0.1) is 13.8 Å². The van der Waals surface area contributed by atoms with Gasteiger partial charge < -0.3 is 9.72 Å². The highest BCUT2D eigenvalue weighted by Crippen LogP contribution is 2.18. The predicted molar refractivity (Wildman–Crippen MR) is 76.3 cm³/mol. The molecule has 1 N–H and O–H groups in total. The molecule has 0 radical (unpaired) electrons. The summed E-state index contributed by atoms with van der Waals surface area (Å²) in [5, 5.41) is 0. The Morgan fingerprint density at radius 2 is 1.95 bits per heavy atom. The van der Waals surface area contributed by atoms with Gasteiger partial charge in [-0.05, 0) is 43.2 Å². The summed E-state index contributed by atoms with van der Waals surface area (Å²) in [7, 11) is 0. The van der Waals surface area contributed by atoms with Crippen LogP contribution in [-0.2, 0) is 6.61 Å². The van der Waals surface area contributed by atoms with Crippen molar-refractivity contribution < 1.29 is 4.74 Å². The molecule has 0 amide bonds. The van der Waals surface area contributed by atoms with E-state index in [1.54, 1.807) is 0 Å². The Balaban J connectivity index is 1.80. The third-order valence-corrected chi connectivity index (χ3v) is 3.14. The fourth-order valence-electron chi connectivity index (χ4n) is 2.11. The average Bonchev–Trinajstić information content (AvgIpc) is 2.79. The number of nitrogens with zero attached hydrogens (tertiary/aromatic N) is 1. The van der Waals surface area contributed by atoms with E-state index in [1.165, 1.54) is 5.56 Å². The number of hydrogen-bond donors (Lipinski definition) is 1. The van der Waals surface area contributed by atoms with Gasteiger partial charge in [-0.25, -0.2) is 4.98 Å².